The Balaban J connectivity index is 1.48. The molecule has 3 aliphatic rings. The number of rotatable bonds is 4. The predicted octanol–water partition coefficient (Wildman–Crippen LogP) is 0.645. The van der Waals surface area contributed by atoms with Crippen LogP contribution < -0.4 is 16.0 Å². The number of pyridine rings is 1. The molecule has 1 aliphatic carbocycles. The minimum atomic E-state index is -0.890. The lowest BCUT2D eigenvalue weighted by Gasteiger charge is -2.41. The summed E-state index contributed by atoms with van der Waals surface area (Å²) in [5, 5.41) is 8.64. The van der Waals surface area contributed by atoms with Gasteiger partial charge in [-0.05, 0) is 37.8 Å². The van der Waals surface area contributed by atoms with E-state index < -0.39 is 18.0 Å². The molecule has 3 fully saturated rings. The van der Waals surface area contributed by atoms with E-state index in [-0.39, 0.29) is 37.0 Å². The van der Waals surface area contributed by atoms with Gasteiger partial charge in [-0.15, -0.1) is 0 Å². The molecule has 4 rings (SSSR count). The molecule has 0 aromatic carbocycles. The molecular formula is C23H32N6O4. The van der Waals surface area contributed by atoms with Crippen LogP contribution in [0, 0.1) is 0 Å². The summed E-state index contributed by atoms with van der Waals surface area (Å²) in [5.41, 5.74) is 0.380. The van der Waals surface area contributed by atoms with Gasteiger partial charge >= 0.3 is 6.03 Å². The van der Waals surface area contributed by atoms with Gasteiger partial charge in [-0.1, -0.05) is 19.3 Å². The van der Waals surface area contributed by atoms with Gasteiger partial charge < -0.3 is 25.8 Å². The third-order valence-corrected chi connectivity index (χ3v) is 6.67. The van der Waals surface area contributed by atoms with Gasteiger partial charge in [0.15, 0.2) is 0 Å². The lowest BCUT2D eigenvalue weighted by molar-refractivity contribution is -0.133. The van der Waals surface area contributed by atoms with Gasteiger partial charge in [-0.2, -0.15) is 0 Å². The molecule has 3 heterocycles. The Hall–Kier alpha value is -3.17. The van der Waals surface area contributed by atoms with Crippen LogP contribution in [0.2, 0.25) is 0 Å². The number of carbonyl (C=O) groups excluding carboxylic acids is 4. The van der Waals surface area contributed by atoms with Crippen molar-refractivity contribution in [1.82, 2.24) is 30.7 Å². The van der Waals surface area contributed by atoms with Crippen LogP contribution in [0.25, 0.3) is 0 Å². The Labute approximate surface area is 193 Å². The van der Waals surface area contributed by atoms with Gasteiger partial charge in [0.2, 0.25) is 11.8 Å². The highest BCUT2D eigenvalue weighted by molar-refractivity contribution is 5.98. The summed E-state index contributed by atoms with van der Waals surface area (Å²) in [5.74, 6) is -0.962. The Morgan fingerprint density at radius 1 is 1.03 bits per heavy atom. The number of aromatic nitrogens is 1. The van der Waals surface area contributed by atoms with E-state index in [1.165, 1.54) is 17.5 Å². The lowest BCUT2D eigenvalue weighted by Crippen LogP contribution is -2.64. The van der Waals surface area contributed by atoms with E-state index in [4.69, 9.17) is 0 Å². The molecule has 2 saturated heterocycles. The summed E-state index contributed by atoms with van der Waals surface area (Å²) in [6.07, 6.45) is 9.70. The zero-order chi connectivity index (χ0) is 23.2. The number of hydrogen-bond acceptors (Lipinski definition) is 5. The summed E-state index contributed by atoms with van der Waals surface area (Å²) in [4.78, 5) is 58.6. The fourth-order valence-electron chi connectivity index (χ4n) is 4.78. The molecule has 178 valence electrons. The fourth-order valence-corrected chi connectivity index (χ4v) is 4.78. The number of carbonyl (C=O) groups is 4. The van der Waals surface area contributed by atoms with Crippen LogP contribution in [-0.2, 0) is 9.59 Å². The molecule has 2 atom stereocenters. The maximum atomic E-state index is 13.3. The second kappa shape index (κ2) is 10.6. The first kappa shape index (κ1) is 23.0. The van der Waals surface area contributed by atoms with Crippen LogP contribution in [0.15, 0.2) is 24.5 Å². The van der Waals surface area contributed by atoms with Crippen molar-refractivity contribution in [3.63, 3.8) is 0 Å². The van der Waals surface area contributed by atoms with Crippen molar-refractivity contribution in [3.05, 3.63) is 30.1 Å². The Bertz CT molecular complexity index is 873. The predicted molar refractivity (Wildman–Crippen MR) is 120 cm³/mol. The van der Waals surface area contributed by atoms with Crippen molar-refractivity contribution in [2.45, 2.75) is 63.1 Å². The molecule has 10 nitrogen and oxygen atoms in total. The molecule has 0 radical (unpaired) electrons. The first-order valence-corrected chi connectivity index (χ1v) is 11.9. The van der Waals surface area contributed by atoms with E-state index in [0.29, 0.717) is 25.1 Å². The van der Waals surface area contributed by atoms with Crippen molar-refractivity contribution < 1.29 is 19.2 Å². The number of hydrogen-bond donors (Lipinski definition) is 3. The van der Waals surface area contributed by atoms with E-state index in [1.54, 1.807) is 23.2 Å². The van der Waals surface area contributed by atoms with Crippen molar-refractivity contribution in [2.75, 3.05) is 26.2 Å². The van der Waals surface area contributed by atoms with Crippen molar-refractivity contribution >= 4 is 23.8 Å². The number of nitrogens with zero attached hydrogens (tertiary/aromatic N) is 3. The molecular weight excluding hydrogens is 424 g/mol. The normalized spacial score (nSPS) is 24.1. The number of nitrogens with one attached hydrogen (secondary N) is 3. The molecule has 1 saturated carbocycles. The number of urea groups is 1. The van der Waals surface area contributed by atoms with Crippen LogP contribution in [0.4, 0.5) is 4.79 Å². The van der Waals surface area contributed by atoms with Crippen LogP contribution in [0.1, 0.15) is 55.3 Å². The smallest absolute Gasteiger partial charge is 0.317 e. The van der Waals surface area contributed by atoms with Crippen LogP contribution in [-0.4, -0.2) is 82.8 Å². The van der Waals surface area contributed by atoms with E-state index in [1.807, 2.05) is 0 Å². The van der Waals surface area contributed by atoms with Crippen molar-refractivity contribution in [1.29, 1.82) is 0 Å². The van der Waals surface area contributed by atoms with Gasteiger partial charge in [0, 0.05) is 38.1 Å². The Morgan fingerprint density at radius 3 is 2.58 bits per heavy atom. The molecule has 1 aromatic heterocycles. The fraction of sp³-hybridized carbons (Fsp3) is 0.609. The lowest BCUT2D eigenvalue weighted by atomic mass is 9.96. The van der Waals surface area contributed by atoms with Gasteiger partial charge in [0.05, 0.1) is 12.1 Å². The standard InChI is InChI=1S/C23H32N6O4/c30-20-18(9-5-11-25-20)27-21(31)19-15-28(23(33)26-17-7-2-1-3-8-17)12-13-29(19)22(32)16-6-4-10-24-14-16/h4,6,10,14,17-19H,1-3,5,7-9,11-13,15H2,(H,25,30)(H,26,33)(H,27,31). The highest BCUT2D eigenvalue weighted by Gasteiger charge is 2.39. The van der Waals surface area contributed by atoms with Crippen molar-refractivity contribution in [3.8, 4) is 0 Å². The van der Waals surface area contributed by atoms with E-state index >= 15 is 0 Å². The molecule has 33 heavy (non-hydrogen) atoms. The van der Waals surface area contributed by atoms with Crippen LogP contribution >= 0.6 is 0 Å². The average molecular weight is 457 g/mol. The maximum absolute atomic E-state index is 13.3. The second-order valence-electron chi connectivity index (χ2n) is 8.98. The summed E-state index contributed by atoms with van der Waals surface area (Å²) in [6.45, 7) is 1.22. The molecule has 2 aliphatic heterocycles. The summed E-state index contributed by atoms with van der Waals surface area (Å²) in [6, 6.07) is 1.75. The SMILES string of the molecule is O=C1NCCCC1NC(=O)C1CN(C(=O)NC2CCCCC2)CCN1C(=O)c1cccnc1. The average Bonchev–Trinajstić information content (AvgIpc) is 2.85. The van der Waals surface area contributed by atoms with Gasteiger partial charge in [0.25, 0.3) is 5.91 Å². The largest absolute Gasteiger partial charge is 0.354 e. The highest BCUT2D eigenvalue weighted by atomic mass is 16.2. The monoisotopic (exact) mass is 456 g/mol. The van der Waals surface area contributed by atoms with Crippen LogP contribution in [0.3, 0.4) is 0 Å². The van der Waals surface area contributed by atoms with Crippen LogP contribution in [0.5, 0.6) is 0 Å². The number of amides is 5. The molecule has 0 spiro atoms. The Kier molecular flexibility index (Phi) is 7.41. The quantitative estimate of drug-likeness (QED) is 0.614. The minimum absolute atomic E-state index is 0.0741. The van der Waals surface area contributed by atoms with Gasteiger partial charge in [0.1, 0.15) is 12.1 Å². The van der Waals surface area contributed by atoms with Gasteiger partial charge in [-0.25, -0.2) is 4.79 Å². The first-order valence-electron chi connectivity index (χ1n) is 11.9. The first-order chi connectivity index (χ1) is 16.0. The van der Waals surface area contributed by atoms with E-state index in [9.17, 15) is 19.2 Å². The number of piperazine rings is 1. The van der Waals surface area contributed by atoms with Crippen molar-refractivity contribution in [2.24, 2.45) is 0 Å². The zero-order valence-corrected chi connectivity index (χ0v) is 18.8. The molecule has 3 N–H and O–H groups in total. The molecule has 0 bridgehead atoms. The molecule has 10 heteroatoms. The molecule has 1 aromatic rings. The molecule has 2 unspecified atom stereocenters. The zero-order valence-electron chi connectivity index (χ0n) is 18.8. The summed E-state index contributed by atoms with van der Waals surface area (Å²) >= 11 is 0. The third-order valence-electron chi connectivity index (χ3n) is 6.67. The topological polar surface area (TPSA) is 124 Å². The maximum Gasteiger partial charge on any atom is 0.317 e. The Morgan fingerprint density at radius 2 is 1.85 bits per heavy atom. The minimum Gasteiger partial charge on any atom is -0.354 e. The second-order valence-corrected chi connectivity index (χ2v) is 8.98. The summed E-state index contributed by atoms with van der Waals surface area (Å²) in [7, 11) is 0. The third kappa shape index (κ3) is 5.61. The molecule has 5 amide bonds. The van der Waals surface area contributed by atoms with Gasteiger partial charge in [-0.3, -0.25) is 19.4 Å². The highest BCUT2D eigenvalue weighted by Crippen LogP contribution is 2.19. The van der Waals surface area contributed by atoms with E-state index in [2.05, 4.69) is 20.9 Å². The summed E-state index contributed by atoms with van der Waals surface area (Å²) < 4.78 is 0. The van der Waals surface area contributed by atoms with E-state index in [0.717, 1.165) is 32.1 Å². The number of piperidine rings is 1.